The summed E-state index contributed by atoms with van der Waals surface area (Å²) in [5.41, 5.74) is 0.834. The van der Waals surface area contributed by atoms with E-state index in [-0.39, 0.29) is 6.10 Å². The molecule has 2 aromatic heterocycles. The van der Waals surface area contributed by atoms with E-state index in [9.17, 15) is 0 Å². The number of H-pyrrole nitrogens is 1. The lowest BCUT2D eigenvalue weighted by atomic mass is 10.3. The predicted octanol–water partition coefficient (Wildman–Crippen LogP) is 2.10. The van der Waals surface area contributed by atoms with Gasteiger partial charge in [0.1, 0.15) is 17.6 Å². The molecule has 0 fully saturated rings. The fourth-order valence-corrected chi connectivity index (χ4v) is 1.66. The number of nitrogens with zero attached hydrogens (tertiary/aromatic N) is 2. The minimum absolute atomic E-state index is 0.0928. The first-order valence-corrected chi connectivity index (χ1v) is 5.40. The molecule has 5 heteroatoms. The number of nitrogens with one attached hydrogen (secondary N) is 2. The van der Waals surface area contributed by atoms with Gasteiger partial charge in [-0.2, -0.15) is 0 Å². The zero-order chi connectivity index (χ0) is 11.5. The number of hydrogen-bond donors (Lipinski definition) is 2. The molecule has 0 saturated heterocycles. The van der Waals surface area contributed by atoms with E-state index in [4.69, 9.17) is 4.74 Å². The molecule has 0 radical (unpaired) electrons. The Morgan fingerprint density at radius 3 is 3.00 bits per heavy atom. The highest BCUT2D eigenvalue weighted by molar-refractivity contribution is 5.86. The molecule has 0 aromatic carbocycles. The van der Waals surface area contributed by atoms with E-state index in [1.807, 2.05) is 33.2 Å². The monoisotopic (exact) mass is 220 g/mol. The lowest BCUT2D eigenvalue weighted by Gasteiger charge is -2.11. The molecule has 2 aromatic rings. The summed E-state index contributed by atoms with van der Waals surface area (Å²) in [6.07, 6.45) is 1.76. The molecule has 0 bridgehead atoms. The second kappa shape index (κ2) is 4.49. The second-order valence-electron chi connectivity index (χ2n) is 3.52. The van der Waals surface area contributed by atoms with Crippen molar-refractivity contribution in [3.8, 4) is 0 Å². The number of aromatic amines is 1. The summed E-state index contributed by atoms with van der Waals surface area (Å²) < 4.78 is 5.49. The molecule has 0 aliphatic heterocycles. The molecular weight excluding hydrogens is 204 g/mol. The molecule has 86 valence electrons. The summed E-state index contributed by atoms with van der Waals surface area (Å²) in [6.45, 7) is 4.57. The minimum atomic E-state index is -0.0928. The van der Waals surface area contributed by atoms with Gasteiger partial charge in [0.05, 0.1) is 5.39 Å². The molecule has 2 heterocycles. The Balaban J connectivity index is 2.46. The zero-order valence-electron chi connectivity index (χ0n) is 9.74. The first-order valence-electron chi connectivity index (χ1n) is 5.40. The maximum absolute atomic E-state index is 5.49. The van der Waals surface area contributed by atoms with Gasteiger partial charge >= 0.3 is 0 Å². The van der Waals surface area contributed by atoms with E-state index < -0.39 is 0 Å². The molecular formula is C11H16N4O. The highest BCUT2D eigenvalue weighted by Gasteiger charge is 2.13. The summed E-state index contributed by atoms with van der Waals surface area (Å²) in [5, 5.41) is 4.06. The van der Waals surface area contributed by atoms with Gasteiger partial charge in [-0.15, -0.1) is 0 Å². The van der Waals surface area contributed by atoms with Crippen LogP contribution in [0.15, 0.2) is 12.3 Å². The number of anilines is 1. The Morgan fingerprint density at radius 1 is 1.50 bits per heavy atom. The van der Waals surface area contributed by atoms with Crippen molar-refractivity contribution in [3.63, 3.8) is 0 Å². The molecule has 0 aliphatic rings. The van der Waals surface area contributed by atoms with Crippen LogP contribution in [0.5, 0.6) is 0 Å². The van der Waals surface area contributed by atoms with Crippen molar-refractivity contribution >= 4 is 16.9 Å². The van der Waals surface area contributed by atoms with Crippen molar-refractivity contribution in [2.75, 3.05) is 19.0 Å². The molecule has 0 saturated carbocycles. The third-order valence-electron chi connectivity index (χ3n) is 2.45. The summed E-state index contributed by atoms with van der Waals surface area (Å²) in [6, 6.07) is 1.95. The van der Waals surface area contributed by atoms with Gasteiger partial charge in [-0.05, 0) is 19.9 Å². The van der Waals surface area contributed by atoms with Crippen molar-refractivity contribution in [1.82, 2.24) is 15.0 Å². The zero-order valence-corrected chi connectivity index (χ0v) is 9.74. The van der Waals surface area contributed by atoms with Gasteiger partial charge in [-0.3, -0.25) is 0 Å². The Morgan fingerprint density at radius 2 is 2.31 bits per heavy atom. The standard InChI is InChI=1S/C11H16N4O/c1-4-16-7(2)9-14-10(12-3)8-5-6-13-11(8)15-9/h5-7H,4H2,1-3H3,(H2,12,13,14,15). The van der Waals surface area contributed by atoms with Gasteiger partial charge in [0.2, 0.25) is 0 Å². The van der Waals surface area contributed by atoms with Crippen LogP contribution in [0, 0.1) is 0 Å². The molecule has 2 rings (SSSR count). The van der Waals surface area contributed by atoms with Crippen LogP contribution in [0.3, 0.4) is 0 Å². The van der Waals surface area contributed by atoms with E-state index in [1.165, 1.54) is 0 Å². The number of rotatable bonds is 4. The van der Waals surface area contributed by atoms with Gasteiger partial charge in [-0.1, -0.05) is 0 Å². The van der Waals surface area contributed by atoms with Gasteiger partial charge in [0.25, 0.3) is 0 Å². The number of hydrogen-bond acceptors (Lipinski definition) is 4. The van der Waals surface area contributed by atoms with Gasteiger partial charge in [0, 0.05) is 19.9 Å². The molecule has 0 spiro atoms. The molecule has 0 aliphatic carbocycles. The van der Waals surface area contributed by atoms with E-state index >= 15 is 0 Å². The first-order chi connectivity index (χ1) is 7.76. The third-order valence-corrected chi connectivity index (χ3v) is 2.45. The highest BCUT2D eigenvalue weighted by atomic mass is 16.5. The van der Waals surface area contributed by atoms with Gasteiger partial charge < -0.3 is 15.0 Å². The number of ether oxygens (including phenoxy) is 1. The van der Waals surface area contributed by atoms with E-state index in [0.29, 0.717) is 12.4 Å². The van der Waals surface area contributed by atoms with Crippen LogP contribution in [0.25, 0.3) is 11.0 Å². The minimum Gasteiger partial charge on any atom is -0.372 e. The van der Waals surface area contributed by atoms with E-state index in [0.717, 1.165) is 16.9 Å². The number of aromatic nitrogens is 3. The molecule has 2 N–H and O–H groups in total. The first kappa shape index (κ1) is 10.9. The van der Waals surface area contributed by atoms with Crippen LogP contribution < -0.4 is 5.32 Å². The third kappa shape index (κ3) is 1.86. The molecule has 5 nitrogen and oxygen atoms in total. The average Bonchev–Trinajstić information content (AvgIpc) is 2.75. The Bertz CT molecular complexity index is 480. The summed E-state index contributed by atoms with van der Waals surface area (Å²) >= 11 is 0. The SMILES string of the molecule is CCOC(C)c1nc(NC)c2cc[nH]c2n1. The van der Waals surface area contributed by atoms with Crippen molar-refractivity contribution in [3.05, 3.63) is 18.1 Å². The fraction of sp³-hybridized carbons (Fsp3) is 0.455. The summed E-state index contributed by atoms with van der Waals surface area (Å²) in [5.74, 6) is 1.52. The number of fused-ring (bicyclic) bond motifs is 1. The Labute approximate surface area is 94.2 Å². The predicted molar refractivity (Wildman–Crippen MR) is 63.5 cm³/mol. The second-order valence-corrected chi connectivity index (χ2v) is 3.52. The maximum Gasteiger partial charge on any atom is 0.161 e. The Kier molecular flexibility index (Phi) is 3.05. The lowest BCUT2D eigenvalue weighted by molar-refractivity contribution is 0.0704. The van der Waals surface area contributed by atoms with Gasteiger partial charge in [-0.25, -0.2) is 9.97 Å². The van der Waals surface area contributed by atoms with Crippen LogP contribution in [0.2, 0.25) is 0 Å². The van der Waals surface area contributed by atoms with Crippen LogP contribution >= 0.6 is 0 Å². The van der Waals surface area contributed by atoms with Crippen LogP contribution in [-0.4, -0.2) is 28.6 Å². The fourth-order valence-electron chi connectivity index (χ4n) is 1.66. The normalized spacial score (nSPS) is 12.9. The highest BCUT2D eigenvalue weighted by Crippen LogP contribution is 2.22. The topological polar surface area (TPSA) is 62.8 Å². The Hall–Kier alpha value is -1.62. The quantitative estimate of drug-likeness (QED) is 0.828. The lowest BCUT2D eigenvalue weighted by Crippen LogP contribution is -2.07. The van der Waals surface area contributed by atoms with Crippen LogP contribution in [0.1, 0.15) is 25.8 Å². The largest absolute Gasteiger partial charge is 0.372 e. The van der Waals surface area contributed by atoms with Crippen molar-refractivity contribution in [2.24, 2.45) is 0 Å². The van der Waals surface area contributed by atoms with E-state index in [2.05, 4.69) is 20.3 Å². The van der Waals surface area contributed by atoms with Crippen LogP contribution in [0.4, 0.5) is 5.82 Å². The molecule has 1 unspecified atom stereocenters. The molecule has 0 amide bonds. The van der Waals surface area contributed by atoms with Gasteiger partial charge in [0.15, 0.2) is 5.82 Å². The van der Waals surface area contributed by atoms with Crippen molar-refractivity contribution < 1.29 is 4.74 Å². The van der Waals surface area contributed by atoms with E-state index in [1.54, 1.807) is 0 Å². The molecule has 16 heavy (non-hydrogen) atoms. The average molecular weight is 220 g/mol. The smallest absolute Gasteiger partial charge is 0.161 e. The van der Waals surface area contributed by atoms with Crippen LogP contribution in [-0.2, 0) is 4.74 Å². The summed E-state index contributed by atoms with van der Waals surface area (Å²) in [4.78, 5) is 12.0. The maximum atomic E-state index is 5.49. The van der Waals surface area contributed by atoms with Crippen molar-refractivity contribution in [1.29, 1.82) is 0 Å². The van der Waals surface area contributed by atoms with Crippen molar-refractivity contribution in [2.45, 2.75) is 20.0 Å². The summed E-state index contributed by atoms with van der Waals surface area (Å²) in [7, 11) is 1.85. The molecule has 1 atom stereocenters.